The van der Waals surface area contributed by atoms with Crippen molar-refractivity contribution in [1.29, 1.82) is 0 Å². The van der Waals surface area contributed by atoms with Gasteiger partial charge in [-0.1, -0.05) is 48.5 Å². The summed E-state index contributed by atoms with van der Waals surface area (Å²) in [7, 11) is 0. The normalized spacial score (nSPS) is 11.1. The van der Waals surface area contributed by atoms with Crippen molar-refractivity contribution >= 4 is 6.29 Å². The van der Waals surface area contributed by atoms with Crippen LogP contribution in [0.2, 0.25) is 0 Å². The van der Waals surface area contributed by atoms with E-state index in [-0.39, 0.29) is 5.75 Å². The first kappa shape index (κ1) is 20.5. The summed E-state index contributed by atoms with van der Waals surface area (Å²) < 4.78 is 46.4. The molecule has 0 amide bonds. The molecule has 0 fully saturated rings. The van der Waals surface area contributed by atoms with Gasteiger partial charge in [-0.3, -0.25) is 4.79 Å². The highest BCUT2D eigenvalue weighted by molar-refractivity contribution is 5.83. The fourth-order valence-corrected chi connectivity index (χ4v) is 2.90. The van der Waals surface area contributed by atoms with Gasteiger partial charge in [-0.2, -0.15) is 0 Å². The van der Waals surface area contributed by atoms with E-state index in [0.717, 1.165) is 12.8 Å². The highest BCUT2D eigenvalue weighted by Crippen LogP contribution is 2.29. The van der Waals surface area contributed by atoms with Crippen LogP contribution in [0.3, 0.4) is 0 Å². The van der Waals surface area contributed by atoms with Gasteiger partial charge < -0.3 is 9.47 Å². The second kappa shape index (κ2) is 9.28. The zero-order valence-corrected chi connectivity index (χ0v) is 15.5. The van der Waals surface area contributed by atoms with E-state index in [2.05, 4.69) is 16.9 Å². The van der Waals surface area contributed by atoms with Crippen LogP contribution >= 0.6 is 0 Å². The van der Waals surface area contributed by atoms with E-state index in [1.54, 1.807) is 18.2 Å². The van der Waals surface area contributed by atoms with Crippen LogP contribution in [0.1, 0.15) is 22.3 Å². The number of ether oxygens (including phenoxy) is 2. The molecule has 0 radical (unpaired) electrons. The minimum Gasteiger partial charge on any atom is -0.493 e. The van der Waals surface area contributed by atoms with Gasteiger partial charge in [0.05, 0.1) is 12.2 Å². The molecule has 3 rings (SSSR count). The first-order valence-corrected chi connectivity index (χ1v) is 9.07. The standard InChI is InChI=1S/C23H19F3O3/c24-23(25,26)29-21-11-8-18(9-12-21)19-10-13-22(20(15-19)16-27)28-14-4-7-17-5-2-1-3-6-17/h1-3,5-6,8-13,15-16H,4,7,14H2. The number of halogens is 3. The summed E-state index contributed by atoms with van der Waals surface area (Å²) in [4.78, 5) is 11.5. The van der Waals surface area contributed by atoms with Gasteiger partial charge in [0.2, 0.25) is 0 Å². The van der Waals surface area contributed by atoms with Crippen LogP contribution in [0.4, 0.5) is 13.2 Å². The van der Waals surface area contributed by atoms with E-state index in [9.17, 15) is 18.0 Å². The van der Waals surface area contributed by atoms with Crippen molar-refractivity contribution in [3.8, 4) is 22.6 Å². The van der Waals surface area contributed by atoms with Crippen LogP contribution in [0.5, 0.6) is 11.5 Å². The van der Waals surface area contributed by atoms with Gasteiger partial charge >= 0.3 is 6.36 Å². The maximum absolute atomic E-state index is 12.3. The molecule has 0 spiro atoms. The van der Waals surface area contributed by atoms with E-state index in [1.807, 2.05) is 18.2 Å². The third-order valence-electron chi connectivity index (χ3n) is 4.27. The summed E-state index contributed by atoms with van der Waals surface area (Å²) in [6.07, 6.45) is -2.34. The summed E-state index contributed by atoms with van der Waals surface area (Å²) in [6.45, 7) is 0.471. The van der Waals surface area contributed by atoms with Crippen molar-refractivity contribution in [3.63, 3.8) is 0 Å². The van der Waals surface area contributed by atoms with E-state index in [1.165, 1.54) is 29.8 Å². The van der Waals surface area contributed by atoms with Gasteiger partial charge in [0.1, 0.15) is 11.5 Å². The van der Waals surface area contributed by atoms with Crippen molar-refractivity contribution in [2.45, 2.75) is 19.2 Å². The van der Waals surface area contributed by atoms with E-state index >= 15 is 0 Å². The monoisotopic (exact) mass is 400 g/mol. The first-order chi connectivity index (χ1) is 13.9. The minimum absolute atomic E-state index is 0.296. The molecule has 0 aliphatic rings. The van der Waals surface area contributed by atoms with Crippen molar-refractivity contribution in [1.82, 2.24) is 0 Å². The Morgan fingerprint density at radius 3 is 2.21 bits per heavy atom. The molecule has 0 atom stereocenters. The lowest BCUT2D eigenvalue weighted by Crippen LogP contribution is -2.16. The quantitative estimate of drug-likeness (QED) is 0.340. The number of benzene rings is 3. The second-order valence-corrected chi connectivity index (χ2v) is 6.38. The minimum atomic E-state index is -4.73. The highest BCUT2D eigenvalue weighted by Gasteiger charge is 2.30. The molecule has 0 saturated heterocycles. The number of hydrogen-bond donors (Lipinski definition) is 0. The molecule has 29 heavy (non-hydrogen) atoms. The SMILES string of the molecule is O=Cc1cc(-c2ccc(OC(F)(F)F)cc2)ccc1OCCCc1ccccc1. The Hall–Kier alpha value is -3.28. The smallest absolute Gasteiger partial charge is 0.493 e. The van der Waals surface area contributed by atoms with Crippen molar-refractivity contribution in [2.24, 2.45) is 0 Å². The fourth-order valence-electron chi connectivity index (χ4n) is 2.90. The number of hydrogen-bond acceptors (Lipinski definition) is 3. The number of carbonyl (C=O) groups excluding carboxylic acids is 1. The average Bonchev–Trinajstić information content (AvgIpc) is 2.71. The van der Waals surface area contributed by atoms with Gasteiger partial charge in [0, 0.05) is 0 Å². The molecule has 6 heteroatoms. The van der Waals surface area contributed by atoms with Crippen molar-refractivity contribution in [2.75, 3.05) is 6.61 Å². The van der Waals surface area contributed by atoms with Crippen LogP contribution in [-0.4, -0.2) is 19.3 Å². The zero-order chi connectivity index (χ0) is 20.7. The highest BCUT2D eigenvalue weighted by atomic mass is 19.4. The number of aryl methyl sites for hydroxylation is 1. The van der Waals surface area contributed by atoms with Crippen LogP contribution in [-0.2, 0) is 6.42 Å². The van der Waals surface area contributed by atoms with Gasteiger partial charge in [-0.25, -0.2) is 0 Å². The lowest BCUT2D eigenvalue weighted by Gasteiger charge is -2.12. The van der Waals surface area contributed by atoms with Crippen LogP contribution in [0.15, 0.2) is 72.8 Å². The number of rotatable bonds is 8. The summed E-state index contributed by atoms with van der Waals surface area (Å²) in [5, 5.41) is 0. The maximum Gasteiger partial charge on any atom is 0.573 e. The van der Waals surface area contributed by atoms with Crippen molar-refractivity contribution in [3.05, 3.63) is 83.9 Å². The molecule has 3 nitrogen and oxygen atoms in total. The summed E-state index contributed by atoms with van der Waals surface area (Å²) >= 11 is 0. The van der Waals surface area contributed by atoms with Gasteiger partial charge in [0.15, 0.2) is 6.29 Å². The molecule has 3 aromatic carbocycles. The van der Waals surface area contributed by atoms with Gasteiger partial charge in [-0.15, -0.1) is 13.2 Å². The second-order valence-electron chi connectivity index (χ2n) is 6.38. The third kappa shape index (κ3) is 6.10. The van der Waals surface area contributed by atoms with Crippen molar-refractivity contribution < 1.29 is 27.4 Å². The molecule has 0 aromatic heterocycles. The number of carbonyl (C=O) groups is 1. The van der Waals surface area contributed by atoms with Gasteiger partial charge in [-0.05, 0) is 53.8 Å². The molecule has 0 saturated carbocycles. The molecule has 0 N–H and O–H groups in total. The fraction of sp³-hybridized carbons (Fsp3) is 0.174. The van der Waals surface area contributed by atoms with Crippen LogP contribution < -0.4 is 9.47 Å². The van der Waals surface area contributed by atoms with E-state index in [4.69, 9.17) is 4.74 Å². The molecule has 150 valence electrons. The predicted molar refractivity (Wildman–Crippen MR) is 104 cm³/mol. The number of alkyl halides is 3. The maximum atomic E-state index is 12.3. The Kier molecular flexibility index (Phi) is 6.54. The van der Waals surface area contributed by atoms with Gasteiger partial charge in [0.25, 0.3) is 0 Å². The Morgan fingerprint density at radius 1 is 0.862 bits per heavy atom. The zero-order valence-electron chi connectivity index (χ0n) is 15.5. The molecule has 0 aliphatic carbocycles. The topological polar surface area (TPSA) is 35.5 Å². The molecule has 0 heterocycles. The van der Waals surface area contributed by atoms with E-state index in [0.29, 0.717) is 35.3 Å². The molecule has 0 unspecified atom stereocenters. The Balaban J connectivity index is 1.63. The largest absolute Gasteiger partial charge is 0.573 e. The summed E-state index contributed by atoms with van der Waals surface area (Å²) in [5.41, 5.74) is 2.97. The first-order valence-electron chi connectivity index (χ1n) is 9.07. The third-order valence-corrected chi connectivity index (χ3v) is 4.27. The van der Waals surface area contributed by atoms with E-state index < -0.39 is 6.36 Å². The molecule has 3 aromatic rings. The predicted octanol–water partition coefficient (Wildman–Crippen LogP) is 6.08. The summed E-state index contributed by atoms with van der Waals surface area (Å²) in [5.74, 6) is 0.184. The molecular formula is C23H19F3O3. The molecular weight excluding hydrogens is 381 g/mol. The summed E-state index contributed by atoms with van der Waals surface area (Å²) in [6, 6.07) is 20.6. The van der Waals surface area contributed by atoms with Crippen LogP contribution in [0.25, 0.3) is 11.1 Å². The van der Waals surface area contributed by atoms with Crippen LogP contribution in [0, 0.1) is 0 Å². The Bertz CT molecular complexity index is 936. The average molecular weight is 400 g/mol. The molecule has 0 aliphatic heterocycles. The Labute approximate surface area is 166 Å². The molecule has 0 bridgehead atoms. The number of aldehydes is 1. The Morgan fingerprint density at radius 2 is 1.55 bits per heavy atom. The lowest BCUT2D eigenvalue weighted by atomic mass is 10.0. The lowest BCUT2D eigenvalue weighted by molar-refractivity contribution is -0.274.